The first-order valence-electron chi connectivity index (χ1n) is 7.29. The standard InChI is InChI=1S/C16H23NO3/c1-3-11-7-9-12(10-8-11)20-14-6-4-5-13(17)15(14)16(18)19-2/h4-6,11-12H,3,7-10,17H2,1-2H3. The van der Waals surface area contributed by atoms with Gasteiger partial charge in [-0.3, -0.25) is 0 Å². The number of nitrogens with two attached hydrogens (primary N) is 1. The van der Waals surface area contributed by atoms with Crippen LogP contribution in [-0.2, 0) is 4.74 Å². The van der Waals surface area contributed by atoms with Gasteiger partial charge in [-0.15, -0.1) is 0 Å². The Kier molecular flexibility index (Phi) is 4.88. The third kappa shape index (κ3) is 3.24. The van der Waals surface area contributed by atoms with Crippen LogP contribution in [0.2, 0.25) is 0 Å². The van der Waals surface area contributed by atoms with Crippen molar-refractivity contribution in [2.45, 2.75) is 45.1 Å². The van der Waals surface area contributed by atoms with Crippen LogP contribution < -0.4 is 10.5 Å². The second-order valence-corrected chi connectivity index (χ2v) is 5.38. The van der Waals surface area contributed by atoms with E-state index < -0.39 is 5.97 Å². The van der Waals surface area contributed by atoms with E-state index >= 15 is 0 Å². The van der Waals surface area contributed by atoms with E-state index in [0.29, 0.717) is 17.0 Å². The van der Waals surface area contributed by atoms with Crippen molar-refractivity contribution in [1.29, 1.82) is 0 Å². The second-order valence-electron chi connectivity index (χ2n) is 5.38. The summed E-state index contributed by atoms with van der Waals surface area (Å²) in [5.41, 5.74) is 6.61. The average Bonchev–Trinajstić information content (AvgIpc) is 2.47. The van der Waals surface area contributed by atoms with Crippen LogP contribution in [0.1, 0.15) is 49.4 Å². The average molecular weight is 277 g/mol. The Morgan fingerprint density at radius 1 is 1.30 bits per heavy atom. The zero-order valence-corrected chi connectivity index (χ0v) is 12.2. The summed E-state index contributed by atoms with van der Waals surface area (Å²) in [5, 5.41) is 0. The van der Waals surface area contributed by atoms with Crippen molar-refractivity contribution in [3.63, 3.8) is 0 Å². The van der Waals surface area contributed by atoms with Crippen LogP contribution in [0.3, 0.4) is 0 Å². The molecule has 1 aromatic carbocycles. The fourth-order valence-corrected chi connectivity index (χ4v) is 2.80. The Hall–Kier alpha value is -1.71. The molecule has 110 valence electrons. The molecule has 0 unspecified atom stereocenters. The van der Waals surface area contributed by atoms with Gasteiger partial charge >= 0.3 is 5.97 Å². The Bertz CT molecular complexity index is 465. The van der Waals surface area contributed by atoms with E-state index in [-0.39, 0.29) is 6.10 Å². The normalized spacial score (nSPS) is 22.3. The maximum Gasteiger partial charge on any atom is 0.343 e. The number of carbonyl (C=O) groups excluding carboxylic acids is 1. The Morgan fingerprint density at radius 2 is 2.00 bits per heavy atom. The molecule has 0 amide bonds. The molecule has 0 atom stereocenters. The van der Waals surface area contributed by atoms with Gasteiger partial charge in [0.25, 0.3) is 0 Å². The lowest BCUT2D eigenvalue weighted by molar-refractivity contribution is 0.0590. The maximum atomic E-state index is 11.8. The summed E-state index contributed by atoms with van der Waals surface area (Å²) >= 11 is 0. The molecule has 1 aromatic rings. The summed E-state index contributed by atoms with van der Waals surface area (Å²) in [6.07, 6.45) is 5.86. The van der Waals surface area contributed by atoms with Crippen molar-refractivity contribution >= 4 is 11.7 Å². The minimum Gasteiger partial charge on any atom is -0.489 e. The van der Waals surface area contributed by atoms with E-state index in [0.717, 1.165) is 18.8 Å². The minimum absolute atomic E-state index is 0.169. The molecule has 1 saturated carbocycles. The Morgan fingerprint density at radius 3 is 2.60 bits per heavy atom. The summed E-state index contributed by atoms with van der Waals surface area (Å²) in [7, 11) is 1.35. The van der Waals surface area contributed by atoms with Gasteiger partial charge in [0.15, 0.2) is 0 Å². The summed E-state index contributed by atoms with van der Waals surface area (Å²) < 4.78 is 10.8. The number of hydrogen-bond donors (Lipinski definition) is 1. The van der Waals surface area contributed by atoms with E-state index in [9.17, 15) is 4.79 Å². The Labute approximate surface area is 120 Å². The molecule has 0 spiro atoms. The lowest BCUT2D eigenvalue weighted by Gasteiger charge is -2.29. The summed E-state index contributed by atoms with van der Waals surface area (Å²) in [6.45, 7) is 2.24. The SMILES string of the molecule is CCC1CCC(Oc2cccc(N)c2C(=O)OC)CC1. The predicted molar refractivity (Wildman–Crippen MR) is 78.9 cm³/mol. The highest BCUT2D eigenvalue weighted by Gasteiger charge is 2.24. The number of methoxy groups -OCH3 is 1. The summed E-state index contributed by atoms with van der Waals surface area (Å²) in [5.74, 6) is 0.910. The molecular formula is C16H23NO3. The molecule has 1 aliphatic rings. The van der Waals surface area contributed by atoms with Crippen LogP contribution in [0.15, 0.2) is 18.2 Å². The predicted octanol–water partition coefficient (Wildman–Crippen LogP) is 3.40. The second kappa shape index (κ2) is 6.64. The number of rotatable bonds is 4. The third-order valence-corrected chi connectivity index (χ3v) is 4.11. The molecule has 0 aromatic heterocycles. The molecule has 4 nitrogen and oxygen atoms in total. The Balaban J connectivity index is 2.10. The zero-order valence-electron chi connectivity index (χ0n) is 12.2. The van der Waals surface area contributed by atoms with Crippen molar-refractivity contribution in [1.82, 2.24) is 0 Å². The molecule has 0 radical (unpaired) electrons. The number of benzene rings is 1. The van der Waals surface area contributed by atoms with Crippen LogP contribution in [-0.4, -0.2) is 19.2 Å². The quantitative estimate of drug-likeness (QED) is 0.676. The highest BCUT2D eigenvalue weighted by Crippen LogP contribution is 2.32. The maximum absolute atomic E-state index is 11.8. The van der Waals surface area contributed by atoms with Gasteiger partial charge in [-0.1, -0.05) is 19.4 Å². The van der Waals surface area contributed by atoms with Gasteiger partial charge in [0.2, 0.25) is 0 Å². The van der Waals surface area contributed by atoms with Gasteiger partial charge in [0.1, 0.15) is 11.3 Å². The molecule has 2 rings (SSSR count). The van der Waals surface area contributed by atoms with Gasteiger partial charge in [-0.2, -0.15) is 0 Å². The van der Waals surface area contributed by atoms with Crippen molar-refractivity contribution in [3.05, 3.63) is 23.8 Å². The van der Waals surface area contributed by atoms with Gasteiger partial charge in [0.05, 0.1) is 13.2 Å². The van der Waals surface area contributed by atoms with Gasteiger partial charge in [-0.05, 0) is 43.7 Å². The van der Waals surface area contributed by atoms with E-state index in [1.165, 1.54) is 26.4 Å². The van der Waals surface area contributed by atoms with Crippen LogP contribution in [0.5, 0.6) is 5.75 Å². The van der Waals surface area contributed by atoms with Crippen LogP contribution in [0.4, 0.5) is 5.69 Å². The number of esters is 1. The molecule has 0 aliphatic heterocycles. The minimum atomic E-state index is -0.444. The molecule has 0 heterocycles. The first-order valence-corrected chi connectivity index (χ1v) is 7.29. The van der Waals surface area contributed by atoms with E-state index in [1.807, 2.05) is 0 Å². The lowest BCUT2D eigenvalue weighted by atomic mass is 9.86. The van der Waals surface area contributed by atoms with Crippen LogP contribution in [0.25, 0.3) is 0 Å². The molecule has 4 heteroatoms. The van der Waals surface area contributed by atoms with Crippen molar-refractivity contribution in [2.75, 3.05) is 12.8 Å². The van der Waals surface area contributed by atoms with Crippen LogP contribution in [0, 0.1) is 5.92 Å². The smallest absolute Gasteiger partial charge is 0.343 e. The highest BCUT2D eigenvalue weighted by atomic mass is 16.5. The number of hydrogen-bond acceptors (Lipinski definition) is 4. The summed E-state index contributed by atoms with van der Waals surface area (Å²) in [6, 6.07) is 5.27. The number of anilines is 1. The molecule has 0 saturated heterocycles. The van der Waals surface area contributed by atoms with E-state index in [4.69, 9.17) is 15.2 Å². The fourth-order valence-electron chi connectivity index (χ4n) is 2.80. The molecule has 1 aliphatic carbocycles. The topological polar surface area (TPSA) is 61.5 Å². The van der Waals surface area contributed by atoms with Gasteiger partial charge in [-0.25, -0.2) is 4.79 Å². The highest BCUT2D eigenvalue weighted by molar-refractivity contribution is 5.98. The van der Waals surface area contributed by atoms with Crippen molar-refractivity contribution in [2.24, 2.45) is 5.92 Å². The van der Waals surface area contributed by atoms with Crippen molar-refractivity contribution < 1.29 is 14.3 Å². The lowest BCUT2D eigenvalue weighted by Crippen LogP contribution is -2.25. The molecule has 20 heavy (non-hydrogen) atoms. The number of carbonyl (C=O) groups is 1. The monoisotopic (exact) mass is 277 g/mol. The largest absolute Gasteiger partial charge is 0.489 e. The van der Waals surface area contributed by atoms with Crippen molar-refractivity contribution in [3.8, 4) is 5.75 Å². The molecule has 2 N–H and O–H groups in total. The van der Waals surface area contributed by atoms with Gasteiger partial charge in [0, 0.05) is 5.69 Å². The van der Waals surface area contributed by atoms with E-state index in [2.05, 4.69) is 6.92 Å². The molecular weight excluding hydrogens is 254 g/mol. The van der Waals surface area contributed by atoms with E-state index in [1.54, 1.807) is 18.2 Å². The zero-order chi connectivity index (χ0) is 14.5. The molecule has 1 fully saturated rings. The first-order chi connectivity index (χ1) is 9.65. The third-order valence-electron chi connectivity index (χ3n) is 4.11. The van der Waals surface area contributed by atoms with Crippen LogP contribution >= 0.6 is 0 Å². The molecule has 0 bridgehead atoms. The van der Waals surface area contributed by atoms with Gasteiger partial charge < -0.3 is 15.2 Å². The summed E-state index contributed by atoms with van der Waals surface area (Å²) in [4.78, 5) is 11.8. The first kappa shape index (κ1) is 14.7. The number of ether oxygens (including phenoxy) is 2. The number of nitrogen functional groups attached to an aromatic ring is 1. The fraction of sp³-hybridized carbons (Fsp3) is 0.562.